The number of non-ortho nitro benzene ring substituents is 1. The van der Waals surface area contributed by atoms with Crippen LogP contribution >= 0.6 is 0 Å². The maximum Gasteiger partial charge on any atom is 0.337 e. The molecule has 0 fully saturated rings. The highest BCUT2D eigenvalue weighted by molar-refractivity contribution is 5.92. The summed E-state index contributed by atoms with van der Waals surface area (Å²) in [5, 5.41) is 14.3. The smallest absolute Gasteiger partial charge is 0.337 e. The third-order valence-electron chi connectivity index (χ3n) is 4.51. The first-order valence-corrected chi connectivity index (χ1v) is 8.85. The minimum atomic E-state index is -0.448. The molecule has 1 aromatic carbocycles. The molecule has 7 heteroatoms. The fraction of sp³-hybridized carbons (Fsp3) is 0.450. The van der Waals surface area contributed by atoms with Crippen LogP contribution in [0.2, 0.25) is 0 Å². The van der Waals surface area contributed by atoms with Crippen molar-refractivity contribution in [3.8, 4) is 0 Å². The summed E-state index contributed by atoms with van der Waals surface area (Å²) < 4.78 is 10.9. The van der Waals surface area contributed by atoms with Gasteiger partial charge in [-0.3, -0.25) is 10.1 Å². The molecule has 0 saturated carbocycles. The number of nitro benzene ring substituents is 1. The summed E-state index contributed by atoms with van der Waals surface area (Å²) in [6, 6.07) is 6.33. The van der Waals surface area contributed by atoms with E-state index in [1.165, 1.54) is 12.1 Å². The molecule has 1 N–H and O–H groups in total. The standard InChI is InChI=1S/C20H26N2O5/c1-12(2)18(11-26-5)27-20(23)19-14(4)21-13(3)9-17(19)15-7-6-8-16(10-15)22(24)25/h6-10,12,17-18,21H,11H2,1-5H3. The second kappa shape index (κ2) is 8.81. The van der Waals surface area contributed by atoms with Crippen molar-refractivity contribution < 1.29 is 19.2 Å². The Hall–Kier alpha value is -2.67. The van der Waals surface area contributed by atoms with Crippen LogP contribution < -0.4 is 5.32 Å². The number of methoxy groups -OCH3 is 1. The zero-order chi connectivity index (χ0) is 20.1. The Morgan fingerprint density at radius 1 is 1.33 bits per heavy atom. The zero-order valence-corrected chi connectivity index (χ0v) is 16.3. The van der Waals surface area contributed by atoms with E-state index in [9.17, 15) is 14.9 Å². The van der Waals surface area contributed by atoms with Crippen molar-refractivity contribution in [1.82, 2.24) is 5.32 Å². The van der Waals surface area contributed by atoms with Gasteiger partial charge in [0.05, 0.1) is 17.1 Å². The molecule has 0 radical (unpaired) electrons. The van der Waals surface area contributed by atoms with Crippen molar-refractivity contribution in [2.75, 3.05) is 13.7 Å². The van der Waals surface area contributed by atoms with E-state index in [0.717, 1.165) is 5.70 Å². The summed E-state index contributed by atoms with van der Waals surface area (Å²) in [6.45, 7) is 7.91. The second-order valence-electron chi connectivity index (χ2n) is 6.99. The molecule has 1 heterocycles. The van der Waals surface area contributed by atoms with Crippen LogP contribution in [0.3, 0.4) is 0 Å². The molecule has 2 rings (SSSR count). The van der Waals surface area contributed by atoms with E-state index >= 15 is 0 Å². The van der Waals surface area contributed by atoms with E-state index in [1.54, 1.807) is 26.2 Å². The highest BCUT2D eigenvalue weighted by Gasteiger charge is 2.31. The third kappa shape index (κ3) is 4.95. The van der Waals surface area contributed by atoms with Crippen molar-refractivity contribution in [3.05, 3.63) is 63.0 Å². The van der Waals surface area contributed by atoms with Crippen molar-refractivity contribution in [2.24, 2.45) is 5.92 Å². The lowest BCUT2D eigenvalue weighted by Gasteiger charge is -2.28. The van der Waals surface area contributed by atoms with Crippen molar-refractivity contribution in [3.63, 3.8) is 0 Å². The summed E-state index contributed by atoms with van der Waals surface area (Å²) in [5.41, 5.74) is 2.66. The number of hydrogen-bond acceptors (Lipinski definition) is 6. The van der Waals surface area contributed by atoms with Crippen LogP contribution in [0.4, 0.5) is 5.69 Å². The Bertz CT molecular complexity index is 782. The number of nitrogens with one attached hydrogen (secondary N) is 1. The van der Waals surface area contributed by atoms with Crippen LogP contribution in [0.5, 0.6) is 0 Å². The number of dihydropyridines is 1. The lowest BCUT2D eigenvalue weighted by molar-refractivity contribution is -0.384. The molecular formula is C20H26N2O5. The summed E-state index contributed by atoms with van der Waals surface area (Å²) >= 11 is 0. The summed E-state index contributed by atoms with van der Waals surface area (Å²) in [5.74, 6) is -0.773. The van der Waals surface area contributed by atoms with Crippen LogP contribution in [-0.4, -0.2) is 30.7 Å². The third-order valence-corrected chi connectivity index (χ3v) is 4.51. The van der Waals surface area contributed by atoms with Gasteiger partial charge in [-0.15, -0.1) is 0 Å². The van der Waals surface area contributed by atoms with Crippen molar-refractivity contribution >= 4 is 11.7 Å². The second-order valence-corrected chi connectivity index (χ2v) is 6.99. The topological polar surface area (TPSA) is 90.7 Å². The number of nitro groups is 1. The Morgan fingerprint density at radius 2 is 2.04 bits per heavy atom. The van der Waals surface area contributed by atoms with Crippen LogP contribution in [-0.2, 0) is 14.3 Å². The van der Waals surface area contributed by atoms with Gasteiger partial charge in [0.25, 0.3) is 5.69 Å². The molecule has 0 saturated heterocycles. The number of nitrogens with zero attached hydrogens (tertiary/aromatic N) is 1. The van der Waals surface area contributed by atoms with Crippen LogP contribution in [0.25, 0.3) is 0 Å². The molecule has 0 amide bonds. The van der Waals surface area contributed by atoms with Gasteiger partial charge in [-0.2, -0.15) is 0 Å². The molecule has 2 atom stereocenters. The molecular weight excluding hydrogens is 348 g/mol. The molecule has 7 nitrogen and oxygen atoms in total. The first-order chi connectivity index (χ1) is 12.7. The van der Waals surface area contributed by atoms with E-state index in [-0.39, 0.29) is 17.7 Å². The first kappa shape index (κ1) is 20.6. The van der Waals surface area contributed by atoms with Gasteiger partial charge in [-0.1, -0.05) is 32.1 Å². The number of carbonyl (C=O) groups is 1. The average molecular weight is 374 g/mol. The summed E-state index contributed by atoms with van der Waals surface area (Å²) in [4.78, 5) is 23.7. The minimum Gasteiger partial charge on any atom is -0.456 e. The summed E-state index contributed by atoms with van der Waals surface area (Å²) in [7, 11) is 1.56. The maximum absolute atomic E-state index is 13.0. The van der Waals surface area contributed by atoms with Gasteiger partial charge in [0, 0.05) is 36.6 Å². The molecule has 0 aromatic heterocycles. The van der Waals surface area contributed by atoms with E-state index in [2.05, 4.69) is 5.32 Å². The predicted molar refractivity (Wildman–Crippen MR) is 102 cm³/mol. The summed E-state index contributed by atoms with van der Waals surface area (Å²) in [6.07, 6.45) is 1.50. The first-order valence-electron chi connectivity index (χ1n) is 8.85. The highest BCUT2D eigenvalue weighted by Crippen LogP contribution is 2.34. The Morgan fingerprint density at radius 3 is 2.63 bits per heavy atom. The number of allylic oxidation sites excluding steroid dienone is 3. The average Bonchev–Trinajstić information content (AvgIpc) is 2.60. The van der Waals surface area contributed by atoms with Crippen molar-refractivity contribution in [1.29, 1.82) is 0 Å². The van der Waals surface area contributed by atoms with Crippen LogP contribution in [0.15, 0.2) is 47.3 Å². The Balaban J connectivity index is 2.39. The van der Waals surface area contributed by atoms with Gasteiger partial charge in [-0.05, 0) is 25.3 Å². The molecule has 0 bridgehead atoms. The SMILES string of the molecule is COCC(OC(=O)C1=C(C)NC(C)=CC1c1cccc([N+](=O)[O-])c1)C(C)C. The largest absolute Gasteiger partial charge is 0.456 e. The molecule has 2 unspecified atom stereocenters. The van der Waals surface area contributed by atoms with E-state index in [0.29, 0.717) is 23.4 Å². The van der Waals surface area contributed by atoms with E-state index in [4.69, 9.17) is 9.47 Å². The van der Waals surface area contributed by atoms with Crippen LogP contribution in [0.1, 0.15) is 39.2 Å². The van der Waals surface area contributed by atoms with Crippen molar-refractivity contribution in [2.45, 2.75) is 39.7 Å². The Labute approximate surface area is 159 Å². The van der Waals surface area contributed by atoms with Gasteiger partial charge in [0.1, 0.15) is 6.10 Å². The quantitative estimate of drug-likeness (QED) is 0.445. The van der Waals surface area contributed by atoms with Gasteiger partial charge in [0.15, 0.2) is 0 Å². The zero-order valence-electron chi connectivity index (χ0n) is 16.3. The molecule has 1 aliphatic rings. The fourth-order valence-electron chi connectivity index (χ4n) is 3.07. The van der Waals surface area contributed by atoms with E-state index < -0.39 is 16.8 Å². The maximum atomic E-state index is 13.0. The predicted octanol–water partition coefficient (Wildman–Crippen LogP) is 3.67. The normalized spacial score (nSPS) is 18.0. The monoisotopic (exact) mass is 374 g/mol. The lowest BCUT2D eigenvalue weighted by Crippen LogP contribution is -2.32. The number of rotatable bonds is 7. The van der Waals surface area contributed by atoms with Crippen LogP contribution in [0, 0.1) is 16.0 Å². The number of ether oxygens (including phenoxy) is 2. The minimum absolute atomic E-state index is 0.0121. The van der Waals surface area contributed by atoms with Gasteiger partial charge >= 0.3 is 5.97 Å². The molecule has 0 spiro atoms. The Kier molecular flexibility index (Phi) is 6.74. The lowest BCUT2D eigenvalue weighted by atomic mass is 9.86. The van der Waals surface area contributed by atoms with Gasteiger partial charge in [0.2, 0.25) is 0 Å². The molecule has 1 aromatic rings. The number of hydrogen-bond donors (Lipinski definition) is 1. The highest BCUT2D eigenvalue weighted by atomic mass is 16.6. The van der Waals surface area contributed by atoms with Gasteiger partial charge < -0.3 is 14.8 Å². The number of benzene rings is 1. The molecule has 1 aliphatic heterocycles. The van der Waals surface area contributed by atoms with Gasteiger partial charge in [-0.25, -0.2) is 4.79 Å². The molecule has 27 heavy (non-hydrogen) atoms. The number of esters is 1. The number of carbonyl (C=O) groups excluding carboxylic acids is 1. The fourth-order valence-corrected chi connectivity index (χ4v) is 3.07. The van der Waals surface area contributed by atoms with E-state index in [1.807, 2.05) is 26.8 Å². The molecule has 0 aliphatic carbocycles. The molecule has 146 valence electrons.